The zero-order valence-electron chi connectivity index (χ0n) is 9.67. The molecule has 84 valence electrons. The Bertz CT molecular complexity index is 363. The molecule has 0 aliphatic rings. The van der Waals surface area contributed by atoms with E-state index in [-0.39, 0.29) is 0 Å². The standard InChI is InChI=1S/C10H16N2O3/c1-6-7(8(11-5)15-12-6)9(13)14-10(2,3)4/h11H,1-5H3. The highest BCUT2D eigenvalue weighted by Gasteiger charge is 2.25. The highest BCUT2D eigenvalue weighted by Crippen LogP contribution is 2.22. The van der Waals surface area contributed by atoms with E-state index in [1.165, 1.54) is 0 Å². The van der Waals surface area contributed by atoms with Gasteiger partial charge in [0.2, 0.25) is 5.88 Å². The van der Waals surface area contributed by atoms with Crippen molar-refractivity contribution in [3.05, 3.63) is 11.3 Å². The normalized spacial score (nSPS) is 11.3. The molecule has 0 amide bonds. The van der Waals surface area contributed by atoms with E-state index in [1.807, 2.05) is 20.8 Å². The lowest BCUT2D eigenvalue weighted by Crippen LogP contribution is -2.24. The number of aryl methyl sites for hydroxylation is 1. The molecule has 0 bridgehead atoms. The summed E-state index contributed by atoms with van der Waals surface area (Å²) in [6, 6.07) is 0. The summed E-state index contributed by atoms with van der Waals surface area (Å²) in [5.74, 6) is -0.0904. The molecule has 0 saturated heterocycles. The molecule has 1 N–H and O–H groups in total. The Morgan fingerprint density at radius 1 is 1.47 bits per heavy atom. The number of aromatic nitrogens is 1. The number of carbonyl (C=O) groups excluding carboxylic acids is 1. The molecule has 0 atom stereocenters. The fraction of sp³-hybridized carbons (Fsp3) is 0.600. The lowest BCUT2D eigenvalue weighted by Gasteiger charge is -2.19. The first kappa shape index (κ1) is 11.6. The average Bonchev–Trinajstić information content (AvgIpc) is 2.43. The minimum absolute atomic E-state index is 0.335. The zero-order valence-corrected chi connectivity index (χ0v) is 9.67. The monoisotopic (exact) mass is 212 g/mol. The molecule has 0 saturated carbocycles. The Morgan fingerprint density at radius 3 is 2.53 bits per heavy atom. The number of nitrogens with zero attached hydrogens (tertiary/aromatic N) is 1. The maximum absolute atomic E-state index is 11.8. The van der Waals surface area contributed by atoms with Crippen molar-refractivity contribution in [3.63, 3.8) is 0 Å². The zero-order chi connectivity index (χ0) is 11.6. The van der Waals surface area contributed by atoms with Gasteiger partial charge in [0.1, 0.15) is 11.2 Å². The number of rotatable bonds is 2. The van der Waals surface area contributed by atoms with Crippen LogP contribution in [0.15, 0.2) is 4.52 Å². The molecule has 0 radical (unpaired) electrons. The van der Waals surface area contributed by atoms with Gasteiger partial charge in [0.25, 0.3) is 0 Å². The van der Waals surface area contributed by atoms with Crippen molar-refractivity contribution in [2.24, 2.45) is 0 Å². The van der Waals surface area contributed by atoms with Gasteiger partial charge in [-0.1, -0.05) is 5.16 Å². The average molecular weight is 212 g/mol. The Morgan fingerprint density at radius 2 is 2.07 bits per heavy atom. The van der Waals surface area contributed by atoms with E-state index in [9.17, 15) is 4.79 Å². The van der Waals surface area contributed by atoms with Crippen molar-refractivity contribution in [2.75, 3.05) is 12.4 Å². The molecule has 0 fully saturated rings. The van der Waals surface area contributed by atoms with E-state index in [1.54, 1.807) is 14.0 Å². The van der Waals surface area contributed by atoms with Gasteiger partial charge < -0.3 is 14.6 Å². The third-order valence-electron chi connectivity index (χ3n) is 1.69. The van der Waals surface area contributed by atoms with E-state index in [0.29, 0.717) is 17.1 Å². The summed E-state index contributed by atoms with van der Waals surface area (Å²) in [5.41, 5.74) is 0.354. The number of anilines is 1. The molecule has 0 aromatic carbocycles. The molecule has 0 unspecified atom stereocenters. The number of ether oxygens (including phenoxy) is 1. The Kier molecular flexibility index (Phi) is 3.02. The van der Waals surface area contributed by atoms with Crippen LogP contribution in [0.2, 0.25) is 0 Å². The van der Waals surface area contributed by atoms with Crippen LogP contribution in [0.3, 0.4) is 0 Å². The van der Waals surface area contributed by atoms with Gasteiger partial charge in [0, 0.05) is 7.05 Å². The van der Waals surface area contributed by atoms with Crippen molar-refractivity contribution in [1.29, 1.82) is 0 Å². The maximum atomic E-state index is 11.8. The van der Waals surface area contributed by atoms with Gasteiger partial charge in [-0.3, -0.25) is 0 Å². The van der Waals surface area contributed by atoms with E-state index in [0.717, 1.165) is 0 Å². The van der Waals surface area contributed by atoms with Gasteiger partial charge in [0.05, 0.1) is 5.69 Å². The van der Waals surface area contributed by atoms with Crippen LogP contribution in [0.4, 0.5) is 5.88 Å². The van der Waals surface area contributed by atoms with Gasteiger partial charge in [-0.15, -0.1) is 0 Å². The molecule has 1 heterocycles. The summed E-state index contributed by atoms with van der Waals surface area (Å²) >= 11 is 0. The minimum Gasteiger partial charge on any atom is -0.456 e. The molecule has 5 nitrogen and oxygen atoms in total. The van der Waals surface area contributed by atoms with E-state index >= 15 is 0 Å². The highest BCUT2D eigenvalue weighted by molar-refractivity contribution is 5.95. The Hall–Kier alpha value is -1.52. The van der Waals surface area contributed by atoms with Gasteiger partial charge in [-0.2, -0.15) is 0 Å². The Balaban J connectivity index is 2.95. The van der Waals surface area contributed by atoms with Gasteiger partial charge in [-0.05, 0) is 27.7 Å². The van der Waals surface area contributed by atoms with Gasteiger partial charge in [0.15, 0.2) is 0 Å². The quantitative estimate of drug-likeness (QED) is 0.759. The predicted octanol–water partition coefficient (Wildman–Crippen LogP) is 1.98. The smallest absolute Gasteiger partial charge is 0.346 e. The minimum atomic E-state index is -0.522. The highest BCUT2D eigenvalue weighted by atomic mass is 16.6. The SMILES string of the molecule is CNc1onc(C)c1C(=O)OC(C)(C)C. The topological polar surface area (TPSA) is 64.4 Å². The first-order valence-corrected chi connectivity index (χ1v) is 4.72. The number of hydrogen-bond donors (Lipinski definition) is 1. The van der Waals surface area contributed by atoms with Crippen LogP contribution in [0, 0.1) is 6.92 Å². The first-order valence-electron chi connectivity index (χ1n) is 4.72. The van der Waals surface area contributed by atoms with Crippen LogP contribution >= 0.6 is 0 Å². The van der Waals surface area contributed by atoms with E-state index in [4.69, 9.17) is 9.26 Å². The number of esters is 1. The molecule has 0 aliphatic heterocycles. The van der Waals surface area contributed by atoms with Crippen molar-refractivity contribution >= 4 is 11.9 Å². The number of nitrogens with one attached hydrogen (secondary N) is 1. The summed E-state index contributed by atoms with van der Waals surface area (Å²) in [6.07, 6.45) is 0. The second-order valence-electron chi connectivity index (χ2n) is 4.22. The van der Waals surface area contributed by atoms with Crippen LogP contribution in [0.25, 0.3) is 0 Å². The summed E-state index contributed by atoms with van der Waals surface area (Å²) in [7, 11) is 1.66. The lowest BCUT2D eigenvalue weighted by atomic mass is 10.2. The molecule has 15 heavy (non-hydrogen) atoms. The van der Waals surface area contributed by atoms with Crippen LogP contribution in [0.1, 0.15) is 36.8 Å². The summed E-state index contributed by atoms with van der Waals surface area (Å²) in [5, 5.41) is 6.45. The third-order valence-corrected chi connectivity index (χ3v) is 1.69. The predicted molar refractivity (Wildman–Crippen MR) is 56.0 cm³/mol. The van der Waals surface area contributed by atoms with Crippen LogP contribution in [-0.4, -0.2) is 23.8 Å². The maximum Gasteiger partial charge on any atom is 0.346 e. The second kappa shape index (κ2) is 3.92. The third kappa shape index (κ3) is 2.71. The fourth-order valence-corrected chi connectivity index (χ4v) is 1.11. The molecule has 1 rings (SSSR count). The van der Waals surface area contributed by atoms with Crippen LogP contribution in [0.5, 0.6) is 0 Å². The first-order chi connectivity index (χ1) is 6.85. The molecule has 5 heteroatoms. The fourth-order valence-electron chi connectivity index (χ4n) is 1.11. The van der Waals surface area contributed by atoms with Crippen LogP contribution in [-0.2, 0) is 4.74 Å². The van der Waals surface area contributed by atoms with Crippen molar-refractivity contribution in [2.45, 2.75) is 33.3 Å². The number of carbonyl (C=O) groups is 1. The molecule has 0 spiro atoms. The molecular formula is C10H16N2O3. The molecule has 0 aliphatic carbocycles. The van der Waals surface area contributed by atoms with Crippen molar-refractivity contribution in [1.82, 2.24) is 5.16 Å². The van der Waals surface area contributed by atoms with Gasteiger partial charge >= 0.3 is 5.97 Å². The molecule has 1 aromatic heterocycles. The van der Waals surface area contributed by atoms with Crippen LogP contribution < -0.4 is 5.32 Å². The largest absolute Gasteiger partial charge is 0.456 e. The van der Waals surface area contributed by atoms with Crippen molar-refractivity contribution in [3.8, 4) is 0 Å². The lowest BCUT2D eigenvalue weighted by molar-refractivity contribution is 0.00696. The van der Waals surface area contributed by atoms with E-state index in [2.05, 4.69) is 10.5 Å². The van der Waals surface area contributed by atoms with E-state index < -0.39 is 11.6 Å². The second-order valence-corrected chi connectivity index (χ2v) is 4.22. The summed E-state index contributed by atoms with van der Waals surface area (Å²) in [4.78, 5) is 11.8. The summed E-state index contributed by atoms with van der Waals surface area (Å²) < 4.78 is 10.1. The van der Waals surface area contributed by atoms with Gasteiger partial charge in [-0.25, -0.2) is 4.79 Å². The molecule has 1 aromatic rings. The number of hydrogen-bond acceptors (Lipinski definition) is 5. The summed E-state index contributed by atoms with van der Waals surface area (Å²) in [6.45, 7) is 7.13. The van der Waals surface area contributed by atoms with Crippen molar-refractivity contribution < 1.29 is 14.1 Å². The Labute approximate surface area is 88.8 Å². The molecular weight excluding hydrogens is 196 g/mol.